The van der Waals surface area contributed by atoms with E-state index in [0.29, 0.717) is 35.3 Å². The van der Waals surface area contributed by atoms with E-state index in [0.717, 1.165) is 22.2 Å². The molecule has 2 N–H and O–H groups in total. The zero-order valence-corrected chi connectivity index (χ0v) is 19.3. The summed E-state index contributed by atoms with van der Waals surface area (Å²) in [5, 5.41) is 8.50. The van der Waals surface area contributed by atoms with E-state index in [-0.39, 0.29) is 6.04 Å². The van der Waals surface area contributed by atoms with Crippen LogP contribution in [0, 0.1) is 10.5 Å². The number of rotatable bonds is 8. The number of benzene rings is 1. The number of nitrogens with zero attached hydrogens (tertiary/aromatic N) is 4. The van der Waals surface area contributed by atoms with Crippen molar-refractivity contribution in [3.63, 3.8) is 0 Å². The fraction of sp³-hybridized carbons (Fsp3) is 0.333. The van der Waals surface area contributed by atoms with Crippen LogP contribution >= 0.6 is 22.6 Å². The molecule has 9 heteroatoms. The molecule has 0 aliphatic carbocycles. The van der Waals surface area contributed by atoms with Crippen molar-refractivity contribution in [2.75, 3.05) is 19.5 Å². The minimum Gasteiger partial charge on any atom is -0.493 e. The van der Waals surface area contributed by atoms with E-state index in [1.54, 1.807) is 18.2 Å². The molecule has 0 aliphatic heterocycles. The van der Waals surface area contributed by atoms with E-state index in [1.165, 1.54) is 7.11 Å². The predicted molar refractivity (Wildman–Crippen MR) is 122 cm³/mol. The lowest BCUT2D eigenvalue weighted by Gasteiger charge is -2.17. The molecule has 1 aromatic carbocycles. The molecule has 30 heavy (non-hydrogen) atoms. The van der Waals surface area contributed by atoms with Gasteiger partial charge in [0.2, 0.25) is 0 Å². The van der Waals surface area contributed by atoms with Gasteiger partial charge in [-0.25, -0.2) is 9.78 Å². The average Bonchev–Trinajstić information content (AvgIpc) is 3.12. The summed E-state index contributed by atoms with van der Waals surface area (Å²) in [6, 6.07) is 11.1. The first kappa shape index (κ1) is 22.0. The van der Waals surface area contributed by atoms with E-state index in [2.05, 4.69) is 49.3 Å². The van der Waals surface area contributed by atoms with Crippen molar-refractivity contribution < 1.29 is 14.3 Å². The molecule has 0 aliphatic rings. The highest BCUT2D eigenvalue weighted by molar-refractivity contribution is 14.1. The third-order valence-corrected chi connectivity index (χ3v) is 5.35. The summed E-state index contributed by atoms with van der Waals surface area (Å²) < 4.78 is 13.7. The molecule has 158 valence electrons. The number of carbonyl (C=O) groups excluding carboxylic acids is 1. The van der Waals surface area contributed by atoms with Crippen LogP contribution in [0.5, 0.6) is 5.75 Å². The van der Waals surface area contributed by atoms with Crippen molar-refractivity contribution in [1.82, 2.24) is 19.7 Å². The van der Waals surface area contributed by atoms with Gasteiger partial charge in [0.1, 0.15) is 28.6 Å². The summed E-state index contributed by atoms with van der Waals surface area (Å²) in [7, 11) is 1.36. The maximum Gasteiger partial charge on any atom is 0.341 e. The molecule has 2 aromatic heterocycles. The zero-order chi connectivity index (χ0) is 21.7. The lowest BCUT2D eigenvalue weighted by atomic mass is 10.1. The van der Waals surface area contributed by atoms with Crippen LogP contribution in [-0.2, 0) is 4.74 Å². The average molecular weight is 521 g/mol. The third kappa shape index (κ3) is 5.07. The largest absolute Gasteiger partial charge is 0.493 e. The van der Waals surface area contributed by atoms with Gasteiger partial charge in [0.15, 0.2) is 5.82 Å². The van der Waals surface area contributed by atoms with Crippen molar-refractivity contribution in [3.8, 4) is 17.3 Å². The van der Waals surface area contributed by atoms with Crippen molar-refractivity contribution in [2.45, 2.75) is 32.7 Å². The van der Waals surface area contributed by atoms with Gasteiger partial charge >= 0.3 is 5.97 Å². The Balaban J connectivity index is 1.65. The number of pyridine rings is 1. The van der Waals surface area contributed by atoms with Crippen LogP contribution in [0.1, 0.15) is 42.0 Å². The third-order valence-electron chi connectivity index (χ3n) is 4.68. The van der Waals surface area contributed by atoms with Gasteiger partial charge in [-0.05, 0) is 79.6 Å². The number of nitrogen functional groups attached to an aromatic ring is 1. The summed E-state index contributed by atoms with van der Waals surface area (Å²) in [5.41, 5.74) is 6.94. The minimum atomic E-state index is -0.406. The fourth-order valence-electron chi connectivity index (χ4n) is 3.24. The molecule has 2 heterocycles. The Morgan fingerprint density at radius 3 is 2.80 bits per heavy atom. The molecule has 0 unspecified atom stereocenters. The monoisotopic (exact) mass is 521 g/mol. The van der Waals surface area contributed by atoms with Crippen molar-refractivity contribution in [1.29, 1.82) is 0 Å². The van der Waals surface area contributed by atoms with Crippen LogP contribution in [0.15, 0.2) is 36.4 Å². The fourth-order valence-corrected chi connectivity index (χ4v) is 3.73. The van der Waals surface area contributed by atoms with Gasteiger partial charge in [0.25, 0.3) is 0 Å². The number of esters is 1. The Morgan fingerprint density at radius 2 is 2.07 bits per heavy atom. The lowest BCUT2D eigenvalue weighted by molar-refractivity contribution is 0.0595. The molecular weight excluding hydrogens is 497 g/mol. The number of nitrogens with two attached hydrogens (primary N) is 1. The molecule has 0 bridgehead atoms. The van der Waals surface area contributed by atoms with Gasteiger partial charge in [0.05, 0.1) is 13.7 Å². The van der Waals surface area contributed by atoms with Crippen LogP contribution in [0.25, 0.3) is 11.5 Å². The SMILES string of the molecule is COC(=O)c1cc(I)ccc1OCCC[C@H](C)n1c(C)nnc1-c1cccc(N)n1. The van der Waals surface area contributed by atoms with Gasteiger partial charge in [-0.2, -0.15) is 0 Å². The van der Waals surface area contributed by atoms with E-state index >= 15 is 0 Å². The van der Waals surface area contributed by atoms with Crippen LogP contribution in [-0.4, -0.2) is 39.4 Å². The number of hydrogen-bond donors (Lipinski definition) is 1. The number of ether oxygens (including phenoxy) is 2. The van der Waals surface area contributed by atoms with Gasteiger partial charge in [-0.3, -0.25) is 0 Å². The Bertz CT molecular complexity index is 1040. The quantitative estimate of drug-likeness (QED) is 0.271. The molecule has 0 amide bonds. The number of methoxy groups -OCH3 is 1. The first-order valence-corrected chi connectivity index (χ1v) is 10.6. The number of hydrogen-bond acceptors (Lipinski definition) is 7. The van der Waals surface area contributed by atoms with Crippen molar-refractivity contribution in [3.05, 3.63) is 51.4 Å². The molecule has 1 atom stereocenters. The summed E-state index contributed by atoms with van der Waals surface area (Å²) >= 11 is 2.15. The smallest absolute Gasteiger partial charge is 0.341 e. The summed E-state index contributed by atoms with van der Waals surface area (Å²) in [6.45, 7) is 4.50. The first-order valence-electron chi connectivity index (χ1n) is 9.55. The number of anilines is 1. The maximum atomic E-state index is 12.0. The number of carbonyl (C=O) groups is 1. The molecule has 3 rings (SSSR count). The van der Waals surface area contributed by atoms with E-state index in [4.69, 9.17) is 15.2 Å². The first-order chi connectivity index (χ1) is 14.4. The molecule has 3 aromatic rings. The Morgan fingerprint density at radius 1 is 1.27 bits per heavy atom. The zero-order valence-electron chi connectivity index (χ0n) is 17.1. The van der Waals surface area contributed by atoms with Gasteiger partial charge in [0, 0.05) is 9.61 Å². The minimum absolute atomic E-state index is 0.138. The summed E-state index contributed by atoms with van der Waals surface area (Å²) in [4.78, 5) is 16.3. The number of halogens is 1. The molecule has 0 saturated carbocycles. The highest BCUT2D eigenvalue weighted by Crippen LogP contribution is 2.25. The van der Waals surface area contributed by atoms with Crippen LogP contribution in [0.3, 0.4) is 0 Å². The topological polar surface area (TPSA) is 105 Å². The molecular formula is C21H24IN5O3. The van der Waals surface area contributed by atoms with Crippen molar-refractivity contribution in [2.24, 2.45) is 0 Å². The Labute approximate surface area is 189 Å². The van der Waals surface area contributed by atoms with Gasteiger partial charge in [-0.1, -0.05) is 6.07 Å². The Hall–Kier alpha value is -2.69. The lowest BCUT2D eigenvalue weighted by Crippen LogP contribution is -2.12. The van der Waals surface area contributed by atoms with E-state index < -0.39 is 5.97 Å². The second kappa shape index (κ2) is 9.88. The standard InChI is InChI=1S/C21H24IN5O3/c1-13(27-14(2)25-26-20(27)17-7-4-8-19(23)24-17)6-5-11-30-18-10-9-15(22)12-16(18)21(28)29-3/h4,7-10,12-13H,5-6,11H2,1-3H3,(H2,23,24)/t13-/m0/s1. The molecule has 0 fully saturated rings. The highest BCUT2D eigenvalue weighted by Gasteiger charge is 2.18. The van der Waals surface area contributed by atoms with E-state index in [1.807, 2.05) is 25.1 Å². The predicted octanol–water partition coefficient (Wildman–Crippen LogP) is 4.04. The summed E-state index contributed by atoms with van der Waals surface area (Å²) in [6.07, 6.45) is 1.63. The summed E-state index contributed by atoms with van der Waals surface area (Å²) in [5.74, 6) is 2.07. The van der Waals surface area contributed by atoms with Crippen LogP contribution < -0.4 is 10.5 Å². The van der Waals surface area contributed by atoms with Crippen LogP contribution in [0.4, 0.5) is 5.82 Å². The maximum absolute atomic E-state index is 12.0. The van der Waals surface area contributed by atoms with Crippen molar-refractivity contribution >= 4 is 34.4 Å². The molecule has 0 spiro atoms. The number of aryl methyl sites for hydroxylation is 1. The second-order valence-corrected chi connectivity index (χ2v) is 8.11. The normalized spacial score (nSPS) is 11.9. The Kier molecular flexibility index (Phi) is 7.24. The molecule has 0 radical (unpaired) electrons. The molecule has 0 saturated heterocycles. The highest BCUT2D eigenvalue weighted by atomic mass is 127. The van der Waals surface area contributed by atoms with E-state index in [9.17, 15) is 4.79 Å². The van der Waals surface area contributed by atoms with Gasteiger partial charge < -0.3 is 19.8 Å². The van der Waals surface area contributed by atoms with Gasteiger partial charge in [-0.15, -0.1) is 10.2 Å². The van der Waals surface area contributed by atoms with Crippen LogP contribution in [0.2, 0.25) is 0 Å². The molecule has 8 nitrogen and oxygen atoms in total. The second-order valence-electron chi connectivity index (χ2n) is 6.86. The number of aromatic nitrogens is 4.